The van der Waals surface area contributed by atoms with Crippen LogP contribution in [0.25, 0.3) is 0 Å². The molecule has 1 N–H and O–H groups in total. The van der Waals surface area contributed by atoms with E-state index < -0.39 is 11.6 Å². The molecule has 0 aliphatic carbocycles. The molecule has 0 radical (unpaired) electrons. The van der Waals surface area contributed by atoms with E-state index >= 15 is 0 Å². The Labute approximate surface area is 114 Å². The molecule has 0 heterocycles. The summed E-state index contributed by atoms with van der Waals surface area (Å²) >= 11 is 0. The molecule has 0 bridgehead atoms. The highest BCUT2D eigenvalue weighted by Gasteiger charge is 2.18. The molecule has 0 aliphatic heterocycles. The van der Waals surface area contributed by atoms with Crippen LogP contribution in [0.1, 0.15) is 32.8 Å². The molecular weight excluding hydrogens is 246 g/mol. The van der Waals surface area contributed by atoms with Gasteiger partial charge in [0.1, 0.15) is 17.3 Å². The van der Waals surface area contributed by atoms with E-state index in [9.17, 15) is 8.78 Å². The lowest BCUT2D eigenvalue weighted by Crippen LogP contribution is -2.30. The highest BCUT2D eigenvalue weighted by atomic mass is 19.1. The maximum atomic E-state index is 14.1. The number of nitrogens with zero attached hydrogens (tertiary/aromatic N) is 1. The zero-order chi connectivity index (χ0) is 14.4. The van der Waals surface area contributed by atoms with Crippen molar-refractivity contribution in [3.63, 3.8) is 0 Å². The van der Waals surface area contributed by atoms with Crippen molar-refractivity contribution in [2.45, 2.75) is 33.7 Å². The first-order chi connectivity index (χ1) is 9.03. The molecule has 1 aromatic carbocycles. The number of hydrogen-bond acceptors (Lipinski definition) is 2. The summed E-state index contributed by atoms with van der Waals surface area (Å²) in [6.45, 7) is 7.83. The van der Waals surface area contributed by atoms with Gasteiger partial charge in [-0.25, -0.2) is 8.78 Å². The number of hydrogen-bond donors (Lipinski definition) is 1. The highest BCUT2D eigenvalue weighted by Crippen LogP contribution is 2.26. The van der Waals surface area contributed by atoms with Gasteiger partial charge in [-0.15, -0.1) is 0 Å². The third kappa shape index (κ3) is 4.16. The molecule has 0 fully saturated rings. The zero-order valence-corrected chi connectivity index (χ0v) is 12.3. The van der Waals surface area contributed by atoms with Gasteiger partial charge in [0.05, 0.1) is 0 Å². The van der Waals surface area contributed by atoms with Crippen LogP contribution in [0.4, 0.5) is 14.5 Å². The summed E-state index contributed by atoms with van der Waals surface area (Å²) in [5.41, 5.74) is 0.725. The standard InChI is InChI=1S/C15H24F2N2/c1-5-11(3)10-19(6-2)15-13(16)7-12(9-18-4)8-14(15)17/h7-8,11,18H,5-6,9-10H2,1-4H3. The minimum Gasteiger partial charge on any atom is -0.367 e. The predicted molar refractivity (Wildman–Crippen MR) is 76.5 cm³/mol. The molecule has 2 nitrogen and oxygen atoms in total. The largest absolute Gasteiger partial charge is 0.367 e. The van der Waals surface area contributed by atoms with Gasteiger partial charge in [-0.2, -0.15) is 0 Å². The first-order valence-corrected chi connectivity index (χ1v) is 6.90. The summed E-state index contributed by atoms with van der Waals surface area (Å²) in [6, 6.07) is 2.82. The molecule has 1 aromatic rings. The van der Waals surface area contributed by atoms with Crippen LogP contribution in [0.2, 0.25) is 0 Å². The molecule has 0 aliphatic rings. The molecule has 4 heteroatoms. The van der Waals surface area contributed by atoms with Gasteiger partial charge in [0.2, 0.25) is 0 Å². The summed E-state index contributed by atoms with van der Waals surface area (Å²) in [7, 11) is 1.75. The molecule has 0 aromatic heterocycles. The second kappa shape index (κ2) is 7.43. The molecule has 19 heavy (non-hydrogen) atoms. The van der Waals surface area contributed by atoms with Crippen LogP contribution in [0.15, 0.2) is 12.1 Å². The maximum absolute atomic E-state index is 14.1. The van der Waals surface area contributed by atoms with E-state index in [0.717, 1.165) is 6.42 Å². The van der Waals surface area contributed by atoms with Crippen molar-refractivity contribution in [3.05, 3.63) is 29.3 Å². The van der Waals surface area contributed by atoms with Gasteiger partial charge >= 0.3 is 0 Å². The lowest BCUT2D eigenvalue weighted by atomic mass is 10.1. The van der Waals surface area contributed by atoms with E-state index in [0.29, 0.717) is 31.1 Å². The molecular formula is C15H24F2N2. The van der Waals surface area contributed by atoms with Gasteiger partial charge in [0.15, 0.2) is 0 Å². The Morgan fingerprint density at radius 1 is 1.21 bits per heavy atom. The van der Waals surface area contributed by atoms with E-state index in [1.54, 1.807) is 11.9 Å². The molecule has 0 saturated heterocycles. The minimum atomic E-state index is -0.476. The van der Waals surface area contributed by atoms with Crippen molar-refractivity contribution >= 4 is 5.69 Å². The molecule has 108 valence electrons. The monoisotopic (exact) mass is 270 g/mol. The quantitative estimate of drug-likeness (QED) is 0.815. The summed E-state index contributed by atoms with van der Waals surface area (Å²) in [4.78, 5) is 1.78. The van der Waals surface area contributed by atoms with Crippen molar-refractivity contribution in [2.75, 3.05) is 25.0 Å². The second-order valence-electron chi connectivity index (χ2n) is 4.99. The van der Waals surface area contributed by atoms with E-state index in [4.69, 9.17) is 0 Å². The Hall–Kier alpha value is -1.16. The Balaban J connectivity index is 3.03. The van der Waals surface area contributed by atoms with Gasteiger partial charge in [-0.3, -0.25) is 0 Å². The van der Waals surface area contributed by atoms with E-state index in [2.05, 4.69) is 19.2 Å². The van der Waals surface area contributed by atoms with Crippen LogP contribution in [-0.2, 0) is 6.54 Å². The molecule has 0 spiro atoms. The van der Waals surface area contributed by atoms with E-state index in [1.165, 1.54) is 12.1 Å². The molecule has 0 amide bonds. The Morgan fingerprint density at radius 2 is 1.79 bits per heavy atom. The Morgan fingerprint density at radius 3 is 2.21 bits per heavy atom. The zero-order valence-electron chi connectivity index (χ0n) is 12.3. The summed E-state index contributed by atoms with van der Waals surface area (Å²) in [5.74, 6) is -0.540. The lowest BCUT2D eigenvalue weighted by molar-refractivity contribution is 0.520. The average molecular weight is 270 g/mol. The van der Waals surface area contributed by atoms with Gasteiger partial charge in [-0.05, 0) is 37.6 Å². The third-order valence-corrected chi connectivity index (χ3v) is 3.38. The minimum absolute atomic E-state index is 0.0997. The van der Waals surface area contributed by atoms with E-state index in [1.807, 2.05) is 6.92 Å². The molecule has 1 rings (SSSR count). The first-order valence-electron chi connectivity index (χ1n) is 6.90. The summed E-state index contributed by atoms with van der Waals surface area (Å²) in [5, 5.41) is 2.90. The van der Waals surface area contributed by atoms with Crippen LogP contribution in [0.5, 0.6) is 0 Å². The first kappa shape index (κ1) is 15.9. The Kier molecular flexibility index (Phi) is 6.22. The summed E-state index contributed by atoms with van der Waals surface area (Å²) in [6.07, 6.45) is 0.998. The van der Waals surface area contributed by atoms with Crippen LogP contribution in [-0.4, -0.2) is 20.1 Å². The SMILES string of the molecule is CCC(C)CN(CC)c1c(F)cc(CNC)cc1F. The Bertz CT molecular complexity index is 384. The van der Waals surface area contributed by atoms with Crippen LogP contribution in [0, 0.1) is 17.6 Å². The predicted octanol–water partition coefficient (Wildman–Crippen LogP) is 3.56. The fourth-order valence-corrected chi connectivity index (χ4v) is 2.11. The average Bonchev–Trinajstić information content (AvgIpc) is 2.36. The van der Waals surface area contributed by atoms with Crippen LogP contribution in [0.3, 0.4) is 0 Å². The fraction of sp³-hybridized carbons (Fsp3) is 0.600. The van der Waals surface area contributed by atoms with Crippen LogP contribution < -0.4 is 10.2 Å². The third-order valence-electron chi connectivity index (χ3n) is 3.38. The smallest absolute Gasteiger partial charge is 0.149 e. The van der Waals surface area contributed by atoms with Crippen molar-refractivity contribution < 1.29 is 8.78 Å². The number of halogens is 2. The maximum Gasteiger partial charge on any atom is 0.149 e. The van der Waals surface area contributed by atoms with Crippen molar-refractivity contribution in [1.29, 1.82) is 0 Å². The molecule has 1 unspecified atom stereocenters. The van der Waals surface area contributed by atoms with Gasteiger partial charge < -0.3 is 10.2 Å². The number of benzene rings is 1. The topological polar surface area (TPSA) is 15.3 Å². The van der Waals surface area contributed by atoms with E-state index in [-0.39, 0.29) is 5.69 Å². The van der Waals surface area contributed by atoms with Crippen molar-refractivity contribution in [3.8, 4) is 0 Å². The van der Waals surface area contributed by atoms with Crippen molar-refractivity contribution in [2.24, 2.45) is 5.92 Å². The number of rotatable bonds is 7. The number of nitrogens with one attached hydrogen (secondary N) is 1. The van der Waals surface area contributed by atoms with Gasteiger partial charge in [-0.1, -0.05) is 20.3 Å². The van der Waals surface area contributed by atoms with Crippen molar-refractivity contribution in [1.82, 2.24) is 5.32 Å². The highest BCUT2D eigenvalue weighted by molar-refractivity contribution is 5.50. The van der Waals surface area contributed by atoms with Gasteiger partial charge in [0.25, 0.3) is 0 Å². The normalized spacial score (nSPS) is 12.5. The second-order valence-corrected chi connectivity index (χ2v) is 4.99. The fourth-order valence-electron chi connectivity index (χ4n) is 2.11. The molecule has 1 atom stereocenters. The summed E-state index contributed by atoms with van der Waals surface area (Å²) < 4.78 is 28.2. The van der Waals surface area contributed by atoms with Crippen LogP contribution >= 0.6 is 0 Å². The molecule has 0 saturated carbocycles. The number of anilines is 1. The lowest BCUT2D eigenvalue weighted by Gasteiger charge is -2.27. The van der Waals surface area contributed by atoms with Gasteiger partial charge in [0, 0.05) is 19.6 Å².